The van der Waals surface area contributed by atoms with Crippen LogP contribution in [0.15, 0.2) is 40.9 Å². The van der Waals surface area contributed by atoms with E-state index in [1.165, 1.54) is 55.2 Å². The van der Waals surface area contributed by atoms with Crippen LogP contribution in [0.4, 0.5) is 0 Å². The van der Waals surface area contributed by atoms with Gasteiger partial charge in [-0.15, -0.1) is 0 Å². The third-order valence-corrected chi connectivity index (χ3v) is 8.32. The van der Waals surface area contributed by atoms with Gasteiger partial charge in [0.1, 0.15) is 6.61 Å². The Hall–Kier alpha value is -1.52. The molecular weight excluding hydrogens is 450 g/mol. The highest BCUT2D eigenvalue weighted by molar-refractivity contribution is 9.10. The molecule has 2 aromatic rings. The first-order valence-corrected chi connectivity index (χ1v) is 12.7. The minimum absolute atomic E-state index is 0.361. The Kier molecular flexibility index (Phi) is 6.04. The van der Waals surface area contributed by atoms with E-state index in [2.05, 4.69) is 64.6 Å². The summed E-state index contributed by atoms with van der Waals surface area (Å²) in [5, 5.41) is 4.01. The summed E-state index contributed by atoms with van der Waals surface area (Å²) in [6.45, 7) is 6.19. The van der Waals surface area contributed by atoms with Gasteiger partial charge >= 0.3 is 0 Å². The number of aryl methyl sites for hydroxylation is 1. The van der Waals surface area contributed by atoms with Crippen molar-refractivity contribution in [2.45, 2.75) is 71.1 Å². The van der Waals surface area contributed by atoms with Crippen molar-refractivity contribution < 1.29 is 9.47 Å². The number of nitrogens with one attached hydrogen (secondary N) is 1. The molecule has 3 nitrogen and oxygen atoms in total. The molecule has 2 aromatic carbocycles. The fraction of sp³-hybridized carbons (Fsp3) is 0.556. The SMILES string of the molecule is CCOc1cc(CNC23CC4CC(CC(C4)C2)C3)c(Br)cc1OCc1cccc(C)c1. The second kappa shape index (κ2) is 8.78. The van der Waals surface area contributed by atoms with E-state index in [0.29, 0.717) is 18.8 Å². The highest BCUT2D eigenvalue weighted by Gasteiger charge is 2.50. The van der Waals surface area contributed by atoms with Crippen LogP contribution in [0.2, 0.25) is 0 Å². The smallest absolute Gasteiger partial charge is 0.162 e. The Morgan fingerprint density at radius 2 is 1.65 bits per heavy atom. The molecule has 0 atom stereocenters. The van der Waals surface area contributed by atoms with Crippen LogP contribution >= 0.6 is 15.9 Å². The molecule has 4 bridgehead atoms. The van der Waals surface area contributed by atoms with Gasteiger partial charge in [-0.2, -0.15) is 0 Å². The Labute approximate surface area is 195 Å². The fourth-order valence-corrected chi connectivity index (χ4v) is 7.13. The van der Waals surface area contributed by atoms with Gasteiger partial charge in [0.25, 0.3) is 0 Å². The number of hydrogen-bond acceptors (Lipinski definition) is 3. The molecule has 0 saturated heterocycles. The van der Waals surface area contributed by atoms with E-state index in [-0.39, 0.29) is 0 Å². The average Bonchev–Trinajstić information content (AvgIpc) is 2.72. The predicted molar refractivity (Wildman–Crippen MR) is 129 cm³/mol. The monoisotopic (exact) mass is 483 g/mol. The Morgan fingerprint density at radius 3 is 2.29 bits per heavy atom. The standard InChI is InChI=1S/C27H34BrNO2/c1-3-30-25-11-23(16-29-27-13-20-8-21(14-27)10-22(9-20)15-27)24(28)12-26(25)31-17-19-6-4-5-18(2)7-19/h4-7,11-12,20-22,29H,3,8-10,13-17H2,1-2H3. The summed E-state index contributed by atoms with van der Waals surface area (Å²) in [5.74, 6) is 4.50. The van der Waals surface area contributed by atoms with E-state index < -0.39 is 0 Å². The normalized spacial score (nSPS) is 28.7. The Morgan fingerprint density at radius 1 is 0.968 bits per heavy atom. The van der Waals surface area contributed by atoms with Crippen molar-refractivity contribution in [2.75, 3.05) is 6.61 Å². The maximum Gasteiger partial charge on any atom is 0.162 e. The van der Waals surface area contributed by atoms with Gasteiger partial charge in [0.2, 0.25) is 0 Å². The van der Waals surface area contributed by atoms with E-state index in [9.17, 15) is 0 Å². The molecular formula is C27H34BrNO2. The van der Waals surface area contributed by atoms with Crippen LogP contribution in [-0.4, -0.2) is 12.1 Å². The largest absolute Gasteiger partial charge is 0.490 e. The zero-order valence-electron chi connectivity index (χ0n) is 18.8. The Balaban J connectivity index is 1.30. The van der Waals surface area contributed by atoms with Gasteiger partial charge in [0.05, 0.1) is 6.61 Å². The summed E-state index contributed by atoms with van der Waals surface area (Å²) in [5.41, 5.74) is 4.03. The molecule has 0 radical (unpaired) electrons. The van der Waals surface area contributed by atoms with Gasteiger partial charge < -0.3 is 14.8 Å². The van der Waals surface area contributed by atoms with Gasteiger partial charge in [-0.1, -0.05) is 45.8 Å². The second-order valence-corrected chi connectivity index (χ2v) is 11.0. The number of rotatable bonds is 8. The minimum atomic E-state index is 0.361. The van der Waals surface area contributed by atoms with E-state index in [1.54, 1.807) is 0 Å². The van der Waals surface area contributed by atoms with Crippen LogP contribution < -0.4 is 14.8 Å². The van der Waals surface area contributed by atoms with Gasteiger partial charge in [0.15, 0.2) is 11.5 Å². The molecule has 0 amide bonds. The quantitative estimate of drug-likeness (QED) is 0.447. The number of hydrogen-bond donors (Lipinski definition) is 1. The van der Waals surface area contributed by atoms with Crippen LogP contribution in [0.5, 0.6) is 11.5 Å². The van der Waals surface area contributed by atoms with Crippen molar-refractivity contribution in [1.29, 1.82) is 0 Å². The molecule has 4 aliphatic rings. The first-order chi connectivity index (χ1) is 15.0. The summed E-state index contributed by atoms with van der Waals surface area (Å²) in [4.78, 5) is 0. The molecule has 0 aromatic heterocycles. The van der Waals surface area contributed by atoms with Crippen molar-refractivity contribution in [2.24, 2.45) is 17.8 Å². The van der Waals surface area contributed by atoms with Gasteiger partial charge in [-0.25, -0.2) is 0 Å². The topological polar surface area (TPSA) is 30.5 Å². The second-order valence-electron chi connectivity index (χ2n) is 10.2. The van der Waals surface area contributed by atoms with Crippen molar-refractivity contribution >= 4 is 15.9 Å². The number of ether oxygens (including phenoxy) is 2. The van der Waals surface area contributed by atoms with Crippen LogP contribution in [0, 0.1) is 24.7 Å². The van der Waals surface area contributed by atoms with Gasteiger partial charge in [0, 0.05) is 16.6 Å². The lowest BCUT2D eigenvalue weighted by molar-refractivity contribution is -0.0206. The van der Waals surface area contributed by atoms with Gasteiger partial charge in [-0.05, 0) is 93.4 Å². The van der Waals surface area contributed by atoms with Crippen LogP contribution in [0.25, 0.3) is 0 Å². The van der Waals surface area contributed by atoms with Crippen molar-refractivity contribution in [3.8, 4) is 11.5 Å². The molecule has 1 N–H and O–H groups in total. The molecule has 0 unspecified atom stereocenters. The summed E-state index contributed by atoms with van der Waals surface area (Å²) >= 11 is 3.81. The van der Waals surface area contributed by atoms with Crippen molar-refractivity contribution in [3.63, 3.8) is 0 Å². The number of benzene rings is 2. The zero-order valence-corrected chi connectivity index (χ0v) is 20.3. The van der Waals surface area contributed by atoms with Crippen LogP contribution in [-0.2, 0) is 13.2 Å². The summed E-state index contributed by atoms with van der Waals surface area (Å²) in [7, 11) is 0. The average molecular weight is 484 g/mol. The maximum atomic E-state index is 6.17. The molecule has 4 saturated carbocycles. The molecule has 31 heavy (non-hydrogen) atoms. The molecule has 4 heteroatoms. The lowest BCUT2D eigenvalue weighted by atomic mass is 9.53. The molecule has 6 rings (SSSR count). The molecule has 0 aliphatic heterocycles. The van der Waals surface area contributed by atoms with E-state index >= 15 is 0 Å². The Bertz CT molecular complexity index is 906. The van der Waals surface area contributed by atoms with Crippen molar-refractivity contribution in [1.82, 2.24) is 5.32 Å². The van der Waals surface area contributed by atoms with E-state index in [1.807, 2.05) is 6.92 Å². The first-order valence-electron chi connectivity index (χ1n) is 11.9. The minimum Gasteiger partial charge on any atom is -0.490 e. The van der Waals surface area contributed by atoms with Gasteiger partial charge in [-0.3, -0.25) is 0 Å². The third-order valence-electron chi connectivity index (χ3n) is 7.58. The number of halogens is 1. The summed E-state index contributed by atoms with van der Waals surface area (Å²) in [6.07, 6.45) is 8.54. The summed E-state index contributed by atoms with van der Waals surface area (Å²) < 4.78 is 13.2. The molecule has 166 valence electrons. The first kappa shape index (κ1) is 21.3. The molecule has 0 spiro atoms. The van der Waals surface area contributed by atoms with Crippen LogP contribution in [0.3, 0.4) is 0 Å². The van der Waals surface area contributed by atoms with Crippen molar-refractivity contribution in [3.05, 3.63) is 57.6 Å². The molecule has 4 fully saturated rings. The van der Waals surface area contributed by atoms with E-state index in [0.717, 1.165) is 40.3 Å². The van der Waals surface area contributed by atoms with Crippen LogP contribution in [0.1, 0.15) is 62.1 Å². The molecule has 0 heterocycles. The lowest BCUT2D eigenvalue weighted by Gasteiger charge is -2.57. The maximum absolute atomic E-state index is 6.17. The van der Waals surface area contributed by atoms with E-state index in [4.69, 9.17) is 9.47 Å². The highest BCUT2D eigenvalue weighted by atomic mass is 79.9. The third kappa shape index (κ3) is 4.66. The lowest BCUT2D eigenvalue weighted by Crippen LogP contribution is -2.58. The molecule has 4 aliphatic carbocycles. The fourth-order valence-electron chi connectivity index (χ4n) is 6.67. The predicted octanol–water partition coefficient (Wildman–Crippen LogP) is 6.79. The zero-order chi connectivity index (χ0) is 21.4. The summed E-state index contributed by atoms with van der Waals surface area (Å²) in [6, 6.07) is 12.7. The highest BCUT2D eigenvalue weighted by Crippen LogP contribution is 2.55.